The van der Waals surface area contributed by atoms with Crippen molar-refractivity contribution in [2.45, 2.75) is 30.0 Å². The molecule has 0 amide bonds. The van der Waals surface area contributed by atoms with E-state index in [0.717, 1.165) is 19.2 Å². The molecular weight excluding hydrogens is 347 g/mol. The summed E-state index contributed by atoms with van der Waals surface area (Å²) in [7, 11) is 0.895. The molecule has 0 bridgehead atoms. The van der Waals surface area contributed by atoms with E-state index in [-0.39, 0.29) is 0 Å². The average molecular weight is 356 g/mol. The molecule has 0 spiro atoms. The first-order valence-electron chi connectivity index (χ1n) is 5.73. The number of rotatable bonds is 5. The molecule has 1 aromatic rings. The first kappa shape index (κ1) is 19.4. The molecule has 0 heterocycles. The van der Waals surface area contributed by atoms with Crippen molar-refractivity contribution < 1.29 is 49.4 Å². The van der Waals surface area contributed by atoms with E-state index < -0.39 is 41.4 Å². The molecule has 0 aliphatic heterocycles. The van der Waals surface area contributed by atoms with Crippen LogP contribution in [0.15, 0.2) is 24.3 Å². The molecule has 1 N–H and O–H groups in total. The van der Waals surface area contributed by atoms with Crippen LogP contribution in [-0.4, -0.2) is 36.2 Å². The fourth-order valence-electron chi connectivity index (χ4n) is 1.65. The second kappa shape index (κ2) is 5.77. The van der Waals surface area contributed by atoms with Gasteiger partial charge >= 0.3 is 23.9 Å². The van der Waals surface area contributed by atoms with Crippen molar-refractivity contribution in [1.82, 2.24) is 0 Å². The van der Waals surface area contributed by atoms with E-state index in [9.17, 15) is 44.6 Å². The number of ether oxygens (including phenoxy) is 1. The molecular formula is C12H9F9O2. The predicted octanol–water partition coefficient (Wildman–Crippen LogP) is 4.20. The highest BCUT2D eigenvalue weighted by atomic mass is 19.4. The maximum absolute atomic E-state index is 13.6. The van der Waals surface area contributed by atoms with Crippen LogP contribution in [0.2, 0.25) is 0 Å². The largest absolute Gasteiger partial charge is 0.496 e. The molecule has 1 rings (SSSR count). The summed E-state index contributed by atoms with van der Waals surface area (Å²) in [6.45, 7) is 0. The van der Waals surface area contributed by atoms with Crippen LogP contribution in [0, 0.1) is 0 Å². The lowest BCUT2D eigenvalue weighted by Crippen LogP contribution is -2.62. The van der Waals surface area contributed by atoms with Gasteiger partial charge in [-0.2, -0.15) is 39.5 Å². The molecule has 0 aliphatic carbocycles. The minimum atomic E-state index is -7.06. The summed E-state index contributed by atoms with van der Waals surface area (Å²) in [6, 6.07) is 3.70. The molecule has 1 atom stereocenters. The van der Waals surface area contributed by atoms with Crippen LogP contribution < -0.4 is 4.74 Å². The van der Waals surface area contributed by atoms with Crippen LogP contribution in [0.5, 0.6) is 5.75 Å². The SMILES string of the molecule is COc1ccccc1C(O)C(F)(F)C(F)(F)C(F)(F)C(F)(F)F. The van der Waals surface area contributed by atoms with Gasteiger partial charge in [-0.3, -0.25) is 0 Å². The number of aliphatic hydroxyl groups is 1. The van der Waals surface area contributed by atoms with Gasteiger partial charge in [-0.25, -0.2) is 0 Å². The van der Waals surface area contributed by atoms with E-state index in [4.69, 9.17) is 0 Å². The molecule has 23 heavy (non-hydrogen) atoms. The minimum Gasteiger partial charge on any atom is -0.496 e. The zero-order valence-corrected chi connectivity index (χ0v) is 11.1. The molecule has 0 aromatic heterocycles. The van der Waals surface area contributed by atoms with Crippen molar-refractivity contribution >= 4 is 0 Å². The van der Waals surface area contributed by atoms with E-state index in [0.29, 0.717) is 6.07 Å². The normalized spacial score (nSPS) is 15.4. The van der Waals surface area contributed by atoms with Crippen molar-refractivity contribution in [2.75, 3.05) is 7.11 Å². The minimum absolute atomic E-state index is 0.592. The van der Waals surface area contributed by atoms with Crippen LogP contribution in [0.1, 0.15) is 11.7 Å². The third-order valence-electron chi connectivity index (χ3n) is 2.95. The van der Waals surface area contributed by atoms with E-state index in [1.54, 1.807) is 0 Å². The van der Waals surface area contributed by atoms with Gasteiger partial charge in [0.25, 0.3) is 0 Å². The Morgan fingerprint density at radius 2 is 1.35 bits per heavy atom. The summed E-state index contributed by atoms with van der Waals surface area (Å²) >= 11 is 0. The van der Waals surface area contributed by atoms with Crippen molar-refractivity contribution in [1.29, 1.82) is 0 Å². The van der Waals surface area contributed by atoms with Crippen LogP contribution >= 0.6 is 0 Å². The Balaban J connectivity index is 3.39. The van der Waals surface area contributed by atoms with Crippen molar-refractivity contribution in [3.05, 3.63) is 29.8 Å². The maximum atomic E-state index is 13.6. The molecule has 0 aliphatic rings. The highest BCUT2D eigenvalue weighted by molar-refractivity contribution is 5.36. The number of aliphatic hydroxyl groups excluding tert-OH is 1. The van der Waals surface area contributed by atoms with E-state index >= 15 is 0 Å². The van der Waals surface area contributed by atoms with Crippen LogP contribution in [0.3, 0.4) is 0 Å². The van der Waals surface area contributed by atoms with Crippen LogP contribution in [-0.2, 0) is 0 Å². The number of methoxy groups -OCH3 is 1. The molecule has 0 saturated carbocycles. The van der Waals surface area contributed by atoms with Gasteiger partial charge in [-0.15, -0.1) is 0 Å². The molecule has 0 saturated heterocycles. The molecule has 1 unspecified atom stereocenters. The molecule has 0 radical (unpaired) electrons. The highest BCUT2D eigenvalue weighted by Gasteiger charge is 2.83. The topological polar surface area (TPSA) is 29.5 Å². The molecule has 132 valence electrons. The number of halogens is 9. The Morgan fingerprint density at radius 1 is 0.870 bits per heavy atom. The smallest absolute Gasteiger partial charge is 0.460 e. The van der Waals surface area contributed by atoms with E-state index in [1.165, 1.54) is 6.07 Å². The van der Waals surface area contributed by atoms with Crippen LogP contribution in [0.25, 0.3) is 0 Å². The second-order valence-electron chi connectivity index (χ2n) is 4.41. The van der Waals surface area contributed by atoms with E-state index in [1.807, 2.05) is 0 Å². The fourth-order valence-corrected chi connectivity index (χ4v) is 1.65. The molecule has 2 nitrogen and oxygen atoms in total. The van der Waals surface area contributed by atoms with Gasteiger partial charge in [-0.05, 0) is 6.07 Å². The summed E-state index contributed by atoms with van der Waals surface area (Å²) in [5.74, 6) is -20.7. The van der Waals surface area contributed by atoms with Crippen molar-refractivity contribution in [3.8, 4) is 5.75 Å². The molecule has 0 fully saturated rings. The quantitative estimate of drug-likeness (QED) is 0.802. The zero-order valence-electron chi connectivity index (χ0n) is 11.1. The van der Waals surface area contributed by atoms with Gasteiger partial charge < -0.3 is 9.84 Å². The third-order valence-corrected chi connectivity index (χ3v) is 2.95. The Hall–Kier alpha value is -1.65. The van der Waals surface area contributed by atoms with Gasteiger partial charge in [0.15, 0.2) is 6.10 Å². The first-order valence-corrected chi connectivity index (χ1v) is 5.73. The summed E-state index contributed by atoms with van der Waals surface area (Å²) in [6.07, 6.45) is -10.6. The Bertz CT molecular complexity index is 554. The van der Waals surface area contributed by atoms with Gasteiger partial charge in [0, 0.05) is 5.56 Å². The Kier molecular flexibility index (Phi) is 4.86. The first-order chi connectivity index (χ1) is 10.2. The van der Waals surface area contributed by atoms with Gasteiger partial charge in [-0.1, -0.05) is 18.2 Å². The highest BCUT2D eigenvalue weighted by Crippen LogP contribution is 2.56. The van der Waals surface area contributed by atoms with Gasteiger partial charge in [0.05, 0.1) is 7.11 Å². The standard InChI is InChI=1S/C12H9F9O2/c1-23-7-5-3-2-4-6(7)8(22)9(13,14)10(15,16)11(17,18)12(19,20)21/h2-5,8,22H,1H3. The van der Waals surface area contributed by atoms with Crippen molar-refractivity contribution in [2.24, 2.45) is 0 Å². The fraction of sp³-hybridized carbons (Fsp3) is 0.500. The number of benzene rings is 1. The lowest BCUT2D eigenvalue weighted by atomic mass is 9.94. The molecule has 1 aromatic carbocycles. The number of hydrogen-bond acceptors (Lipinski definition) is 2. The summed E-state index contributed by atoms with van der Waals surface area (Å²) in [5, 5.41) is 9.31. The van der Waals surface area contributed by atoms with Gasteiger partial charge in [0.1, 0.15) is 5.75 Å². The van der Waals surface area contributed by atoms with Crippen LogP contribution in [0.4, 0.5) is 39.5 Å². The Morgan fingerprint density at radius 3 is 1.78 bits per heavy atom. The lowest BCUT2D eigenvalue weighted by Gasteiger charge is -2.36. The molecule has 11 heteroatoms. The maximum Gasteiger partial charge on any atom is 0.460 e. The Labute approximate surface area is 123 Å². The number of hydrogen-bond donors (Lipinski definition) is 1. The summed E-state index contributed by atoms with van der Waals surface area (Å²) < 4.78 is 120. The lowest BCUT2D eigenvalue weighted by molar-refractivity contribution is -0.406. The number of alkyl halides is 9. The predicted molar refractivity (Wildman–Crippen MR) is 58.8 cm³/mol. The third kappa shape index (κ3) is 2.93. The summed E-state index contributed by atoms with van der Waals surface area (Å²) in [4.78, 5) is 0. The second-order valence-corrected chi connectivity index (χ2v) is 4.41. The van der Waals surface area contributed by atoms with Gasteiger partial charge in [0.2, 0.25) is 0 Å². The van der Waals surface area contributed by atoms with Crippen molar-refractivity contribution in [3.63, 3.8) is 0 Å². The number of para-hydroxylation sites is 1. The van der Waals surface area contributed by atoms with E-state index in [2.05, 4.69) is 4.74 Å². The summed E-state index contributed by atoms with van der Waals surface area (Å²) in [5.41, 5.74) is -1.07. The zero-order chi connectivity index (χ0) is 18.3. The monoisotopic (exact) mass is 356 g/mol. The average Bonchev–Trinajstić information content (AvgIpc) is 2.44.